The number of para-hydroxylation sites is 2. The molecule has 1 amide bonds. The van der Waals surface area contributed by atoms with Crippen molar-refractivity contribution in [1.82, 2.24) is 9.88 Å². The molecule has 0 saturated carbocycles. The van der Waals surface area contributed by atoms with Gasteiger partial charge < -0.3 is 9.32 Å². The van der Waals surface area contributed by atoms with Crippen molar-refractivity contribution < 1.29 is 9.21 Å². The third-order valence-corrected chi connectivity index (χ3v) is 4.80. The number of benzene rings is 2. The lowest BCUT2D eigenvalue weighted by molar-refractivity contribution is 0.0699. The van der Waals surface area contributed by atoms with Gasteiger partial charge in [0.25, 0.3) is 5.91 Å². The predicted octanol–water partition coefficient (Wildman–Crippen LogP) is 4.50. The Balaban J connectivity index is 1.57. The highest BCUT2D eigenvalue weighted by Crippen LogP contribution is 2.30. The van der Waals surface area contributed by atoms with E-state index in [-0.39, 0.29) is 11.8 Å². The number of hydrogen-bond donors (Lipinski definition) is 0. The van der Waals surface area contributed by atoms with Crippen molar-refractivity contribution in [3.63, 3.8) is 0 Å². The van der Waals surface area contributed by atoms with Crippen LogP contribution in [0.15, 0.2) is 52.9 Å². The molecule has 122 valence electrons. The minimum atomic E-state index is -0.0265. The van der Waals surface area contributed by atoms with Crippen LogP contribution in [0.5, 0.6) is 0 Å². The molecule has 0 N–H and O–H groups in total. The summed E-state index contributed by atoms with van der Waals surface area (Å²) < 4.78 is 5.89. The number of oxazole rings is 1. The second kappa shape index (κ2) is 6.29. The second-order valence-corrected chi connectivity index (χ2v) is 6.50. The SMILES string of the molecule is O=C(c1ccccc1Cl)N1CCC[C@@H](c2nc3ccccc3o2)C1. The first-order valence-electron chi connectivity index (χ1n) is 8.11. The summed E-state index contributed by atoms with van der Waals surface area (Å²) >= 11 is 6.17. The van der Waals surface area contributed by atoms with Crippen LogP contribution in [0.3, 0.4) is 0 Å². The van der Waals surface area contributed by atoms with Crippen LogP contribution in [0.4, 0.5) is 0 Å². The number of likely N-dealkylation sites (tertiary alicyclic amines) is 1. The van der Waals surface area contributed by atoms with E-state index < -0.39 is 0 Å². The van der Waals surface area contributed by atoms with Gasteiger partial charge in [0.2, 0.25) is 0 Å². The van der Waals surface area contributed by atoms with E-state index >= 15 is 0 Å². The van der Waals surface area contributed by atoms with Crippen LogP contribution in [-0.4, -0.2) is 28.9 Å². The molecule has 1 atom stereocenters. The van der Waals surface area contributed by atoms with E-state index in [0.717, 1.165) is 30.5 Å². The number of carbonyl (C=O) groups is 1. The molecule has 0 bridgehead atoms. The normalized spacial score (nSPS) is 18.0. The highest BCUT2D eigenvalue weighted by atomic mass is 35.5. The van der Waals surface area contributed by atoms with E-state index in [9.17, 15) is 4.79 Å². The van der Waals surface area contributed by atoms with Crippen LogP contribution in [0.2, 0.25) is 5.02 Å². The summed E-state index contributed by atoms with van der Waals surface area (Å²) in [4.78, 5) is 19.2. The van der Waals surface area contributed by atoms with E-state index in [0.29, 0.717) is 23.0 Å². The molecule has 4 rings (SSSR count). The van der Waals surface area contributed by atoms with Gasteiger partial charge in [0.05, 0.1) is 16.5 Å². The highest BCUT2D eigenvalue weighted by molar-refractivity contribution is 6.33. The van der Waals surface area contributed by atoms with E-state index in [2.05, 4.69) is 4.98 Å². The van der Waals surface area contributed by atoms with Crippen LogP contribution in [0.1, 0.15) is 35.0 Å². The van der Waals surface area contributed by atoms with Gasteiger partial charge in [-0.1, -0.05) is 35.9 Å². The van der Waals surface area contributed by atoms with Crippen molar-refractivity contribution in [2.24, 2.45) is 0 Å². The Morgan fingerprint density at radius 1 is 1.17 bits per heavy atom. The Hall–Kier alpha value is -2.33. The third-order valence-electron chi connectivity index (χ3n) is 4.47. The summed E-state index contributed by atoms with van der Waals surface area (Å²) in [5.74, 6) is 0.812. The molecule has 0 radical (unpaired) electrons. The Labute approximate surface area is 145 Å². The van der Waals surface area contributed by atoms with Crippen molar-refractivity contribution in [3.05, 3.63) is 65.0 Å². The molecule has 0 unspecified atom stereocenters. The predicted molar refractivity (Wildman–Crippen MR) is 93.3 cm³/mol. The Morgan fingerprint density at radius 2 is 1.96 bits per heavy atom. The second-order valence-electron chi connectivity index (χ2n) is 6.09. The van der Waals surface area contributed by atoms with Gasteiger partial charge in [0.1, 0.15) is 5.52 Å². The van der Waals surface area contributed by atoms with E-state index in [1.807, 2.05) is 41.3 Å². The zero-order valence-corrected chi connectivity index (χ0v) is 13.9. The molecule has 2 heterocycles. The summed E-state index contributed by atoms with van der Waals surface area (Å²) in [5, 5.41) is 0.492. The lowest BCUT2D eigenvalue weighted by Gasteiger charge is -2.31. The average molecular weight is 341 g/mol. The van der Waals surface area contributed by atoms with Crippen molar-refractivity contribution in [1.29, 1.82) is 0 Å². The van der Waals surface area contributed by atoms with Crippen LogP contribution >= 0.6 is 11.6 Å². The number of halogens is 1. The zero-order chi connectivity index (χ0) is 16.5. The first kappa shape index (κ1) is 15.2. The Morgan fingerprint density at radius 3 is 2.79 bits per heavy atom. The number of amides is 1. The number of carbonyl (C=O) groups excluding carboxylic acids is 1. The summed E-state index contributed by atoms with van der Waals surface area (Å²) in [7, 11) is 0. The fourth-order valence-corrected chi connectivity index (χ4v) is 3.45. The van der Waals surface area contributed by atoms with Gasteiger partial charge in [-0.3, -0.25) is 4.79 Å². The molecule has 1 aliphatic heterocycles. The molecule has 2 aromatic carbocycles. The third kappa shape index (κ3) is 2.78. The summed E-state index contributed by atoms with van der Waals surface area (Å²) in [6.45, 7) is 1.34. The minimum absolute atomic E-state index is 0.0265. The molecular formula is C19H17ClN2O2. The topological polar surface area (TPSA) is 46.3 Å². The van der Waals surface area contributed by atoms with E-state index in [1.54, 1.807) is 12.1 Å². The fourth-order valence-electron chi connectivity index (χ4n) is 3.23. The molecule has 0 aliphatic carbocycles. The van der Waals surface area contributed by atoms with Gasteiger partial charge in [-0.25, -0.2) is 4.98 Å². The zero-order valence-electron chi connectivity index (χ0n) is 13.1. The van der Waals surface area contributed by atoms with Crippen molar-refractivity contribution >= 4 is 28.6 Å². The molecule has 1 saturated heterocycles. The van der Waals surface area contributed by atoms with E-state index in [1.165, 1.54) is 0 Å². The first-order valence-corrected chi connectivity index (χ1v) is 8.49. The molecule has 4 nitrogen and oxygen atoms in total. The number of rotatable bonds is 2. The first-order chi connectivity index (χ1) is 11.7. The highest BCUT2D eigenvalue weighted by Gasteiger charge is 2.29. The quantitative estimate of drug-likeness (QED) is 0.690. The molecule has 1 aliphatic rings. The number of piperidine rings is 1. The monoisotopic (exact) mass is 340 g/mol. The van der Waals surface area contributed by atoms with Gasteiger partial charge in [-0.05, 0) is 37.1 Å². The summed E-state index contributed by atoms with van der Waals surface area (Å²) in [5.41, 5.74) is 2.21. The number of aromatic nitrogens is 1. The smallest absolute Gasteiger partial charge is 0.255 e. The fraction of sp³-hybridized carbons (Fsp3) is 0.263. The molecule has 3 aromatic rings. The van der Waals surface area contributed by atoms with Crippen molar-refractivity contribution in [3.8, 4) is 0 Å². The van der Waals surface area contributed by atoms with E-state index in [4.69, 9.17) is 16.0 Å². The summed E-state index contributed by atoms with van der Waals surface area (Å²) in [6, 6.07) is 14.9. The van der Waals surface area contributed by atoms with Gasteiger partial charge in [0.15, 0.2) is 11.5 Å². The van der Waals surface area contributed by atoms with Crippen molar-refractivity contribution in [2.75, 3.05) is 13.1 Å². The van der Waals surface area contributed by atoms with Crippen LogP contribution in [0.25, 0.3) is 11.1 Å². The molecule has 5 heteroatoms. The maximum absolute atomic E-state index is 12.8. The maximum Gasteiger partial charge on any atom is 0.255 e. The number of fused-ring (bicyclic) bond motifs is 1. The molecule has 1 fully saturated rings. The van der Waals surface area contributed by atoms with Crippen LogP contribution in [0, 0.1) is 0 Å². The number of nitrogens with zero attached hydrogens (tertiary/aromatic N) is 2. The Kier molecular flexibility index (Phi) is 3.98. The average Bonchev–Trinajstić information content (AvgIpc) is 3.06. The molecule has 0 spiro atoms. The minimum Gasteiger partial charge on any atom is -0.440 e. The number of hydrogen-bond acceptors (Lipinski definition) is 3. The lowest BCUT2D eigenvalue weighted by Crippen LogP contribution is -2.39. The van der Waals surface area contributed by atoms with Gasteiger partial charge in [-0.15, -0.1) is 0 Å². The van der Waals surface area contributed by atoms with Crippen LogP contribution < -0.4 is 0 Å². The van der Waals surface area contributed by atoms with Gasteiger partial charge in [0, 0.05) is 13.1 Å². The van der Waals surface area contributed by atoms with Gasteiger partial charge in [-0.2, -0.15) is 0 Å². The molecular weight excluding hydrogens is 324 g/mol. The van der Waals surface area contributed by atoms with Crippen LogP contribution in [-0.2, 0) is 0 Å². The Bertz CT molecular complexity index is 857. The largest absolute Gasteiger partial charge is 0.440 e. The summed E-state index contributed by atoms with van der Waals surface area (Å²) in [6.07, 6.45) is 1.90. The molecule has 24 heavy (non-hydrogen) atoms. The van der Waals surface area contributed by atoms with Gasteiger partial charge >= 0.3 is 0 Å². The standard InChI is InChI=1S/C19H17ClN2O2/c20-15-8-2-1-7-14(15)19(23)22-11-5-6-13(12-22)18-21-16-9-3-4-10-17(16)24-18/h1-4,7-10,13H,5-6,11-12H2/t13-/m1/s1. The van der Waals surface area contributed by atoms with Crippen molar-refractivity contribution in [2.45, 2.75) is 18.8 Å². The molecule has 1 aromatic heterocycles. The maximum atomic E-state index is 12.8. The lowest BCUT2D eigenvalue weighted by atomic mass is 9.97.